The average Bonchev–Trinajstić information content (AvgIpc) is 3.50. The molecule has 0 bridgehead atoms. The van der Waals surface area contributed by atoms with Crippen molar-refractivity contribution < 1.29 is 9.32 Å². The van der Waals surface area contributed by atoms with E-state index >= 15 is 0 Å². The van der Waals surface area contributed by atoms with E-state index in [4.69, 9.17) is 4.52 Å². The van der Waals surface area contributed by atoms with Crippen LogP contribution in [0.4, 0.5) is 0 Å². The van der Waals surface area contributed by atoms with Crippen LogP contribution in [0, 0.1) is 0 Å². The fraction of sp³-hybridized carbons (Fsp3) is 0.300. The van der Waals surface area contributed by atoms with Gasteiger partial charge in [-0.05, 0) is 30.0 Å². The highest BCUT2D eigenvalue weighted by molar-refractivity contribution is 7.13. The molecular weight excluding hydrogens is 374 g/mol. The third kappa shape index (κ3) is 3.31. The molecule has 1 amide bonds. The molecule has 5 rings (SSSR count). The molecule has 1 fully saturated rings. The van der Waals surface area contributed by atoms with Crippen LogP contribution in [0.15, 0.2) is 46.3 Å². The Labute approximate surface area is 165 Å². The molecule has 1 aromatic carbocycles. The second kappa shape index (κ2) is 7.20. The Morgan fingerprint density at radius 3 is 3.04 bits per heavy atom. The van der Waals surface area contributed by atoms with E-state index in [9.17, 15) is 4.79 Å². The minimum absolute atomic E-state index is 0.132. The number of imidazole rings is 1. The molecule has 4 heterocycles. The number of H-pyrrole nitrogens is 1. The summed E-state index contributed by atoms with van der Waals surface area (Å²) in [6, 6.07) is 11.8. The quantitative estimate of drug-likeness (QED) is 0.559. The molecule has 0 spiro atoms. The second-order valence-electron chi connectivity index (χ2n) is 6.96. The largest absolute Gasteiger partial charge is 0.342 e. The lowest BCUT2D eigenvalue weighted by Crippen LogP contribution is -2.28. The van der Waals surface area contributed by atoms with E-state index in [1.54, 1.807) is 11.3 Å². The number of thiophene rings is 1. The number of amides is 1. The summed E-state index contributed by atoms with van der Waals surface area (Å²) < 4.78 is 5.38. The molecule has 1 aliphatic heterocycles. The standard InChI is InChI=1S/C20H19N5O2S/c26-18(8-7-17-21-14-4-1-2-5-15(14)22-17)25-10-9-13(12-25)19-23-20(27-24-19)16-6-3-11-28-16/h1-6,11,13H,7-10,12H2,(H,21,22)/t13-/m1/s1. The highest BCUT2D eigenvalue weighted by atomic mass is 32.1. The van der Waals surface area contributed by atoms with E-state index in [0.29, 0.717) is 31.1 Å². The summed E-state index contributed by atoms with van der Waals surface area (Å²) in [5.74, 6) is 2.37. The van der Waals surface area contributed by atoms with Gasteiger partial charge in [0.25, 0.3) is 5.89 Å². The fourth-order valence-corrected chi connectivity index (χ4v) is 4.25. The lowest BCUT2D eigenvalue weighted by atomic mass is 10.1. The van der Waals surface area contributed by atoms with Crippen molar-refractivity contribution in [2.24, 2.45) is 0 Å². The third-order valence-corrected chi connectivity index (χ3v) is 5.95. The maximum Gasteiger partial charge on any atom is 0.267 e. The number of aromatic nitrogens is 4. The zero-order valence-corrected chi connectivity index (χ0v) is 16.0. The highest BCUT2D eigenvalue weighted by Crippen LogP contribution is 2.29. The van der Waals surface area contributed by atoms with E-state index < -0.39 is 0 Å². The second-order valence-corrected chi connectivity index (χ2v) is 7.91. The molecule has 8 heteroatoms. The molecule has 1 aliphatic rings. The van der Waals surface area contributed by atoms with E-state index in [1.165, 1.54) is 0 Å². The number of hydrogen-bond acceptors (Lipinski definition) is 6. The van der Waals surface area contributed by atoms with Gasteiger partial charge in [0.15, 0.2) is 5.82 Å². The molecule has 1 saturated heterocycles. The molecule has 0 saturated carbocycles. The number of aromatic amines is 1. The number of nitrogens with one attached hydrogen (secondary N) is 1. The summed E-state index contributed by atoms with van der Waals surface area (Å²) >= 11 is 1.57. The smallest absolute Gasteiger partial charge is 0.267 e. The van der Waals surface area contributed by atoms with Crippen molar-refractivity contribution in [2.75, 3.05) is 13.1 Å². The number of hydrogen-bond donors (Lipinski definition) is 1. The zero-order chi connectivity index (χ0) is 18.9. The zero-order valence-electron chi connectivity index (χ0n) is 15.2. The van der Waals surface area contributed by atoms with Crippen molar-refractivity contribution in [1.29, 1.82) is 0 Å². The minimum Gasteiger partial charge on any atom is -0.342 e. The fourth-order valence-electron chi connectivity index (χ4n) is 3.61. The molecule has 1 N–H and O–H groups in total. The Kier molecular flexibility index (Phi) is 4.40. The summed E-state index contributed by atoms with van der Waals surface area (Å²) in [5.41, 5.74) is 1.94. The molecule has 1 atom stereocenters. The summed E-state index contributed by atoms with van der Waals surface area (Å²) in [6.45, 7) is 1.37. The van der Waals surface area contributed by atoms with Crippen LogP contribution >= 0.6 is 11.3 Å². The number of carbonyl (C=O) groups excluding carboxylic acids is 1. The summed E-state index contributed by atoms with van der Waals surface area (Å²) in [7, 11) is 0. The first-order chi connectivity index (χ1) is 13.8. The predicted molar refractivity (Wildman–Crippen MR) is 106 cm³/mol. The predicted octanol–water partition coefficient (Wildman–Crippen LogP) is 3.62. The maximum atomic E-state index is 12.6. The number of nitrogens with zero attached hydrogens (tertiary/aromatic N) is 4. The minimum atomic E-state index is 0.132. The number of benzene rings is 1. The maximum absolute atomic E-state index is 12.6. The van der Waals surface area contributed by atoms with Crippen molar-refractivity contribution in [2.45, 2.75) is 25.2 Å². The van der Waals surface area contributed by atoms with Gasteiger partial charge in [0.2, 0.25) is 5.91 Å². The molecule has 28 heavy (non-hydrogen) atoms. The first-order valence-corrected chi connectivity index (χ1v) is 10.2. The number of aryl methyl sites for hydroxylation is 1. The van der Waals surface area contributed by atoms with Gasteiger partial charge in [0.1, 0.15) is 5.82 Å². The van der Waals surface area contributed by atoms with E-state index in [1.807, 2.05) is 46.7 Å². The molecule has 7 nitrogen and oxygen atoms in total. The van der Waals surface area contributed by atoms with Crippen LogP contribution in [-0.2, 0) is 11.2 Å². The molecule has 142 valence electrons. The topological polar surface area (TPSA) is 87.9 Å². The Balaban J connectivity index is 1.19. The Hall–Kier alpha value is -3.00. The third-order valence-electron chi connectivity index (χ3n) is 5.09. The van der Waals surface area contributed by atoms with Gasteiger partial charge in [0, 0.05) is 31.8 Å². The van der Waals surface area contributed by atoms with Gasteiger partial charge in [0.05, 0.1) is 15.9 Å². The van der Waals surface area contributed by atoms with Crippen molar-refractivity contribution in [3.05, 3.63) is 53.4 Å². The van der Waals surface area contributed by atoms with Gasteiger partial charge >= 0.3 is 0 Å². The Morgan fingerprint density at radius 1 is 1.25 bits per heavy atom. The SMILES string of the molecule is O=C(CCc1nc2ccccc2[nH]1)N1CC[C@@H](c2noc(-c3cccs3)n2)C1. The first kappa shape index (κ1) is 17.1. The van der Waals surface area contributed by atoms with Gasteiger partial charge in [-0.2, -0.15) is 4.98 Å². The molecule has 0 unspecified atom stereocenters. The van der Waals surface area contributed by atoms with Crippen LogP contribution in [0.1, 0.15) is 30.4 Å². The molecular formula is C20H19N5O2S. The first-order valence-electron chi connectivity index (χ1n) is 9.35. The number of fused-ring (bicyclic) bond motifs is 1. The number of para-hydroxylation sites is 2. The molecule has 3 aromatic heterocycles. The van der Waals surface area contributed by atoms with Crippen LogP contribution in [0.25, 0.3) is 21.8 Å². The monoisotopic (exact) mass is 393 g/mol. The van der Waals surface area contributed by atoms with Crippen molar-refractivity contribution in [1.82, 2.24) is 25.0 Å². The van der Waals surface area contributed by atoms with Gasteiger partial charge in [-0.1, -0.05) is 23.4 Å². The van der Waals surface area contributed by atoms with Gasteiger partial charge in [-0.15, -0.1) is 11.3 Å². The average molecular weight is 393 g/mol. The van der Waals surface area contributed by atoms with Crippen molar-refractivity contribution in [3.63, 3.8) is 0 Å². The lowest BCUT2D eigenvalue weighted by molar-refractivity contribution is -0.130. The molecule has 0 aliphatic carbocycles. The van der Waals surface area contributed by atoms with Crippen LogP contribution in [-0.4, -0.2) is 44.0 Å². The summed E-state index contributed by atoms with van der Waals surface area (Å²) in [6.07, 6.45) is 1.92. The Morgan fingerprint density at radius 2 is 2.18 bits per heavy atom. The van der Waals surface area contributed by atoms with Crippen molar-refractivity contribution >= 4 is 28.3 Å². The number of likely N-dealkylation sites (tertiary alicyclic amines) is 1. The van der Waals surface area contributed by atoms with Crippen LogP contribution in [0.2, 0.25) is 0 Å². The summed E-state index contributed by atoms with van der Waals surface area (Å²) in [4.78, 5) is 27.8. The molecule has 0 radical (unpaired) electrons. The van der Waals surface area contributed by atoms with Crippen molar-refractivity contribution in [3.8, 4) is 10.8 Å². The Bertz CT molecular complexity index is 1070. The number of carbonyl (C=O) groups is 1. The highest BCUT2D eigenvalue weighted by Gasteiger charge is 2.30. The van der Waals surface area contributed by atoms with Crippen LogP contribution in [0.5, 0.6) is 0 Å². The van der Waals surface area contributed by atoms with Gasteiger partial charge < -0.3 is 14.4 Å². The normalized spacial score (nSPS) is 16.9. The summed E-state index contributed by atoms with van der Waals surface area (Å²) in [5, 5.41) is 6.12. The van der Waals surface area contributed by atoms with E-state index in [-0.39, 0.29) is 11.8 Å². The molecule has 4 aromatic rings. The van der Waals surface area contributed by atoms with E-state index in [2.05, 4.69) is 20.1 Å². The van der Waals surface area contributed by atoms with Gasteiger partial charge in [-0.25, -0.2) is 4.98 Å². The lowest BCUT2D eigenvalue weighted by Gasteiger charge is -2.15. The van der Waals surface area contributed by atoms with E-state index in [0.717, 1.165) is 34.7 Å². The van der Waals surface area contributed by atoms with Crippen LogP contribution in [0.3, 0.4) is 0 Å². The van der Waals surface area contributed by atoms with Crippen LogP contribution < -0.4 is 0 Å². The number of rotatable bonds is 5. The van der Waals surface area contributed by atoms with Gasteiger partial charge in [-0.3, -0.25) is 4.79 Å².